The molecule has 1 amide bonds. The smallest absolute Gasteiger partial charge is 0.241 e. The van der Waals surface area contributed by atoms with Gasteiger partial charge < -0.3 is 15.8 Å². The average Bonchev–Trinajstić information content (AvgIpc) is 2.44. The van der Waals surface area contributed by atoms with Crippen molar-refractivity contribution < 1.29 is 9.53 Å². The van der Waals surface area contributed by atoms with Crippen molar-refractivity contribution in [2.24, 2.45) is 11.7 Å². The van der Waals surface area contributed by atoms with Crippen molar-refractivity contribution in [2.75, 3.05) is 11.9 Å². The maximum Gasteiger partial charge on any atom is 0.241 e. The van der Waals surface area contributed by atoms with Crippen molar-refractivity contribution >= 4 is 35.6 Å². The number of benzene rings is 1. The third-order valence-electron chi connectivity index (χ3n) is 3.22. The number of carbonyl (C=O) groups is 1. The van der Waals surface area contributed by atoms with Gasteiger partial charge in [-0.15, -0.1) is 12.4 Å². The Bertz CT molecular complexity index is 455. The van der Waals surface area contributed by atoms with Crippen LogP contribution in [0.2, 0.25) is 5.02 Å². The first-order chi connectivity index (χ1) is 9.49. The van der Waals surface area contributed by atoms with Gasteiger partial charge in [-0.05, 0) is 30.5 Å². The highest BCUT2D eigenvalue weighted by atomic mass is 35.5. The molecule has 0 saturated carbocycles. The molecule has 0 radical (unpaired) electrons. The lowest BCUT2D eigenvalue weighted by molar-refractivity contribution is -0.118. The molecule has 0 spiro atoms. The average molecular weight is 335 g/mol. The zero-order valence-electron chi connectivity index (χ0n) is 12.7. The van der Waals surface area contributed by atoms with Crippen LogP contribution in [0.15, 0.2) is 18.2 Å². The van der Waals surface area contributed by atoms with Crippen molar-refractivity contribution in [3.63, 3.8) is 0 Å². The van der Waals surface area contributed by atoms with Crippen LogP contribution in [0, 0.1) is 5.92 Å². The Morgan fingerprint density at radius 1 is 1.43 bits per heavy atom. The molecule has 1 rings (SSSR count). The zero-order chi connectivity index (χ0) is 15.1. The first kappa shape index (κ1) is 20.0. The monoisotopic (exact) mass is 334 g/mol. The van der Waals surface area contributed by atoms with Crippen LogP contribution in [0.25, 0.3) is 0 Å². The number of ether oxygens (including phenoxy) is 1. The normalized spacial score (nSPS) is 13.0. The van der Waals surface area contributed by atoms with Gasteiger partial charge in [-0.25, -0.2) is 0 Å². The summed E-state index contributed by atoms with van der Waals surface area (Å²) in [6.07, 6.45) is 1.78. The van der Waals surface area contributed by atoms with E-state index in [0.717, 1.165) is 12.8 Å². The Morgan fingerprint density at radius 3 is 2.62 bits per heavy atom. The summed E-state index contributed by atoms with van der Waals surface area (Å²) in [5.41, 5.74) is 6.51. The van der Waals surface area contributed by atoms with Crippen molar-refractivity contribution in [3.05, 3.63) is 23.2 Å². The number of amides is 1. The Balaban J connectivity index is 0.00000400. The van der Waals surface area contributed by atoms with E-state index in [4.69, 9.17) is 22.1 Å². The first-order valence-electron chi connectivity index (χ1n) is 6.98. The van der Waals surface area contributed by atoms with E-state index in [0.29, 0.717) is 23.1 Å². The molecule has 1 aromatic rings. The Kier molecular flexibility index (Phi) is 9.42. The van der Waals surface area contributed by atoms with Crippen LogP contribution < -0.4 is 15.8 Å². The van der Waals surface area contributed by atoms with E-state index >= 15 is 0 Å². The Morgan fingerprint density at radius 2 is 2.10 bits per heavy atom. The molecule has 0 bridgehead atoms. The molecule has 0 heterocycles. The highest BCUT2D eigenvalue weighted by Crippen LogP contribution is 2.28. The molecular weight excluding hydrogens is 311 g/mol. The third kappa shape index (κ3) is 6.12. The number of anilines is 1. The highest BCUT2D eigenvalue weighted by molar-refractivity contribution is 6.32. The van der Waals surface area contributed by atoms with Crippen LogP contribution in [-0.4, -0.2) is 18.6 Å². The number of rotatable bonds is 7. The van der Waals surface area contributed by atoms with E-state index in [2.05, 4.69) is 5.32 Å². The predicted molar refractivity (Wildman–Crippen MR) is 90.5 cm³/mol. The third-order valence-corrected chi connectivity index (χ3v) is 3.52. The molecule has 0 aliphatic heterocycles. The summed E-state index contributed by atoms with van der Waals surface area (Å²) < 4.78 is 5.48. The summed E-state index contributed by atoms with van der Waals surface area (Å²) in [6, 6.07) is 4.67. The van der Waals surface area contributed by atoms with Crippen LogP contribution in [-0.2, 0) is 4.79 Å². The van der Waals surface area contributed by atoms with Gasteiger partial charge in [-0.2, -0.15) is 0 Å². The lowest BCUT2D eigenvalue weighted by Crippen LogP contribution is -2.40. The predicted octanol–water partition coefficient (Wildman–Crippen LogP) is 3.86. The van der Waals surface area contributed by atoms with Crippen LogP contribution in [0.1, 0.15) is 33.6 Å². The SMILES string of the molecule is CCCOc1ccc(NC(=O)C(N)C(C)CC)cc1Cl.Cl. The molecule has 1 aromatic carbocycles. The maximum absolute atomic E-state index is 12.0. The van der Waals surface area contributed by atoms with Gasteiger partial charge in [-0.1, -0.05) is 38.8 Å². The molecule has 0 saturated heterocycles. The summed E-state index contributed by atoms with van der Waals surface area (Å²) in [6.45, 7) is 6.61. The van der Waals surface area contributed by atoms with E-state index in [-0.39, 0.29) is 24.2 Å². The van der Waals surface area contributed by atoms with Crippen LogP contribution in [0.5, 0.6) is 5.75 Å². The van der Waals surface area contributed by atoms with Crippen molar-refractivity contribution in [2.45, 2.75) is 39.7 Å². The molecule has 0 aliphatic rings. The summed E-state index contributed by atoms with van der Waals surface area (Å²) in [5, 5.41) is 3.26. The molecule has 0 aliphatic carbocycles. The van der Waals surface area contributed by atoms with Crippen LogP contribution >= 0.6 is 24.0 Å². The number of carbonyl (C=O) groups excluding carboxylic acids is 1. The minimum Gasteiger partial charge on any atom is -0.492 e. The Labute approximate surface area is 137 Å². The second-order valence-corrected chi connectivity index (χ2v) is 5.30. The topological polar surface area (TPSA) is 64.3 Å². The van der Waals surface area contributed by atoms with Gasteiger partial charge in [0.1, 0.15) is 5.75 Å². The van der Waals surface area contributed by atoms with Gasteiger partial charge in [0.05, 0.1) is 17.7 Å². The minimum atomic E-state index is -0.519. The lowest BCUT2D eigenvalue weighted by atomic mass is 9.99. The van der Waals surface area contributed by atoms with Gasteiger partial charge in [0.15, 0.2) is 0 Å². The van der Waals surface area contributed by atoms with E-state index in [1.165, 1.54) is 0 Å². The van der Waals surface area contributed by atoms with Crippen LogP contribution in [0.4, 0.5) is 5.69 Å². The summed E-state index contributed by atoms with van der Waals surface area (Å²) >= 11 is 6.11. The molecule has 2 unspecified atom stereocenters. The number of nitrogens with one attached hydrogen (secondary N) is 1. The van der Waals surface area contributed by atoms with E-state index in [1.54, 1.807) is 18.2 Å². The van der Waals surface area contributed by atoms with Gasteiger partial charge in [0.25, 0.3) is 0 Å². The molecule has 3 N–H and O–H groups in total. The lowest BCUT2D eigenvalue weighted by Gasteiger charge is -2.18. The second-order valence-electron chi connectivity index (χ2n) is 4.89. The molecule has 6 heteroatoms. The summed E-state index contributed by atoms with van der Waals surface area (Å²) in [4.78, 5) is 12.0. The van der Waals surface area contributed by atoms with Gasteiger partial charge in [0, 0.05) is 5.69 Å². The molecule has 0 fully saturated rings. The fourth-order valence-corrected chi connectivity index (χ4v) is 1.88. The number of nitrogens with two attached hydrogens (primary N) is 1. The molecule has 21 heavy (non-hydrogen) atoms. The van der Waals surface area contributed by atoms with Gasteiger partial charge in [-0.3, -0.25) is 4.79 Å². The molecule has 4 nitrogen and oxygen atoms in total. The number of hydrogen-bond donors (Lipinski definition) is 2. The molecule has 2 atom stereocenters. The standard InChI is InChI=1S/C15H23ClN2O2.ClH/c1-4-8-20-13-7-6-11(9-12(13)16)18-15(19)14(17)10(3)5-2;/h6-7,9-10,14H,4-5,8,17H2,1-3H3,(H,18,19);1H. The van der Waals surface area contributed by atoms with Crippen LogP contribution in [0.3, 0.4) is 0 Å². The van der Waals surface area contributed by atoms with Crippen molar-refractivity contribution in [3.8, 4) is 5.75 Å². The second kappa shape index (κ2) is 9.87. The zero-order valence-corrected chi connectivity index (χ0v) is 14.3. The Hall–Kier alpha value is -0.970. The van der Waals surface area contributed by atoms with Gasteiger partial charge in [0.2, 0.25) is 5.91 Å². The fraction of sp³-hybridized carbons (Fsp3) is 0.533. The largest absolute Gasteiger partial charge is 0.492 e. The molecular formula is C15H24Cl2N2O2. The van der Waals surface area contributed by atoms with E-state index < -0.39 is 6.04 Å². The quantitative estimate of drug-likeness (QED) is 0.795. The summed E-state index contributed by atoms with van der Waals surface area (Å²) in [7, 11) is 0. The first-order valence-corrected chi connectivity index (χ1v) is 7.36. The van der Waals surface area contributed by atoms with E-state index in [1.807, 2.05) is 20.8 Å². The van der Waals surface area contributed by atoms with E-state index in [9.17, 15) is 4.79 Å². The number of hydrogen-bond acceptors (Lipinski definition) is 3. The fourth-order valence-electron chi connectivity index (χ4n) is 1.65. The molecule has 120 valence electrons. The molecule has 0 aromatic heterocycles. The van der Waals surface area contributed by atoms with Crippen molar-refractivity contribution in [1.29, 1.82) is 0 Å². The minimum absolute atomic E-state index is 0. The maximum atomic E-state index is 12.0. The van der Waals surface area contributed by atoms with Crippen molar-refractivity contribution in [1.82, 2.24) is 0 Å². The van der Waals surface area contributed by atoms with Gasteiger partial charge >= 0.3 is 0 Å². The summed E-state index contributed by atoms with van der Waals surface area (Å²) in [5.74, 6) is 0.563. The highest BCUT2D eigenvalue weighted by Gasteiger charge is 2.19. The number of halogens is 2.